The monoisotopic (exact) mass is 395 g/mol. The van der Waals surface area contributed by atoms with E-state index < -0.39 is 0 Å². The molecule has 2 aromatic rings. The van der Waals surface area contributed by atoms with Crippen molar-refractivity contribution in [2.45, 2.75) is 38.8 Å². The summed E-state index contributed by atoms with van der Waals surface area (Å²) in [5.41, 5.74) is 1.47. The van der Waals surface area contributed by atoms with E-state index in [9.17, 15) is 14.7 Å². The lowest BCUT2D eigenvalue weighted by atomic mass is 9.74. The van der Waals surface area contributed by atoms with Gasteiger partial charge in [-0.15, -0.1) is 0 Å². The van der Waals surface area contributed by atoms with Crippen LogP contribution in [0.2, 0.25) is 0 Å². The molecule has 3 atom stereocenters. The molecule has 6 nitrogen and oxygen atoms in total. The predicted molar refractivity (Wildman–Crippen MR) is 111 cm³/mol. The van der Waals surface area contributed by atoms with Crippen molar-refractivity contribution in [2.75, 3.05) is 19.7 Å². The van der Waals surface area contributed by atoms with Gasteiger partial charge in [-0.05, 0) is 23.6 Å². The van der Waals surface area contributed by atoms with Crippen molar-refractivity contribution in [2.24, 2.45) is 5.92 Å². The number of amides is 2. The molecule has 2 amide bonds. The van der Waals surface area contributed by atoms with Crippen molar-refractivity contribution in [3.05, 3.63) is 66.0 Å². The Bertz CT molecular complexity index is 826. The Labute approximate surface area is 172 Å². The van der Waals surface area contributed by atoms with Crippen LogP contribution in [0.5, 0.6) is 0 Å². The summed E-state index contributed by atoms with van der Waals surface area (Å²) in [5, 5.41) is 9.94. The molecule has 1 aromatic heterocycles. The Morgan fingerprint density at radius 1 is 1.10 bits per heavy atom. The quantitative estimate of drug-likeness (QED) is 0.782. The number of likely N-dealkylation sites (tertiary alicyclic amines) is 1. The molecule has 1 aliphatic rings. The van der Waals surface area contributed by atoms with Gasteiger partial charge < -0.3 is 14.9 Å². The number of carbonyl (C=O) groups is 2. The van der Waals surface area contributed by atoms with Crippen molar-refractivity contribution >= 4 is 11.8 Å². The summed E-state index contributed by atoms with van der Waals surface area (Å²) in [6.45, 7) is 6.52. The maximum atomic E-state index is 13.1. The fourth-order valence-electron chi connectivity index (χ4n) is 4.29. The molecule has 0 saturated carbocycles. The molecule has 6 heteroatoms. The highest BCUT2D eigenvalue weighted by Gasteiger charge is 2.50. The molecule has 154 valence electrons. The Morgan fingerprint density at radius 3 is 2.34 bits per heavy atom. The highest BCUT2D eigenvalue weighted by molar-refractivity contribution is 5.92. The van der Waals surface area contributed by atoms with Gasteiger partial charge in [0.1, 0.15) is 5.69 Å². The predicted octanol–water partition coefficient (Wildman–Crippen LogP) is 2.56. The SMILES string of the molecule is CC(=O)N1[C@H](CN(CC(C)C)C(=O)c2ccccn2)[C@@H](c2ccccc2)[C@@H]1CO. The molecule has 0 radical (unpaired) electrons. The third-order valence-electron chi connectivity index (χ3n) is 5.44. The van der Waals surface area contributed by atoms with Crippen LogP contribution >= 0.6 is 0 Å². The zero-order valence-electron chi connectivity index (χ0n) is 17.2. The van der Waals surface area contributed by atoms with E-state index in [1.807, 2.05) is 30.3 Å². The van der Waals surface area contributed by atoms with Gasteiger partial charge >= 0.3 is 0 Å². The molecule has 2 heterocycles. The highest BCUT2D eigenvalue weighted by Crippen LogP contribution is 2.41. The van der Waals surface area contributed by atoms with E-state index in [0.29, 0.717) is 18.8 Å². The standard InChI is InChI=1S/C23H29N3O3/c1-16(2)13-25(23(29)19-11-7-8-12-24-19)14-20-22(18-9-5-4-6-10-18)21(15-27)26(20)17(3)28/h4-12,16,20-22,27H,13-15H2,1-3H3/t20-,21+,22-/m1/s1. The first kappa shape index (κ1) is 21.0. The lowest BCUT2D eigenvalue weighted by Gasteiger charge is -2.55. The fraction of sp³-hybridized carbons (Fsp3) is 0.435. The van der Waals surface area contributed by atoms with E-state index in [2.05, 4.69) is 18.8 Å². The van der Waals surface area contributed by atoms with Crippen LogP contribution in [-0.2, 0) is 4.79 Å². The van der Waals surface area contributed by atoms with Crippen LogP contribution in [0.25, 0.3) is 0 Å². The van der Waals surface area contributed by atoms with Crippen LogP contribution in [0.3, 0.4) is 0 Å². The molecule has 1 N–H and O–H groups in total. The van der Waals surface area contributed by atoms with Gasteiger partial charge in [0.15, 0.2) is 0 Å². The first-order chi connectivity index (χ1) is 13.9. The molecule has 1 aromatic carbocycles. The van der Waals surface area contributed by atoms with Crippen LogP contribution in [0.15, 0.2) is 54.7 Å². The lowest BCUT2D eigenvalue weighted by molar-refractivity contribution is -0.149. The Balaban J connectivity index is 1.90. The summed E-state index contributed by atoms with van der Waals surface area (Å²) in [7, 11) is 0. The number of aromatic nitrogens is 1. The molecule has 0 unspecified atom stereocenters. The second kappa shape index (κ2) is 9.18. The van der Waals surface area contributed by atoms with Gasteiger partial charge in [0.25, 0.3) is 5.91 Å². The average molecular weight is 396 g/mol. The second-order valence-electron chi connectivity index (χ2n) is 8.00. The molecular weight excluding hydrogens is 366 g/mol. The van der Waals surface area contributed by atoms with Crippen molar-refractivity contribution in [1.29, 1.82) is 0 Å². The summed E-state index contributed by atoms with van der Waals surface area (Å²) in [6.07, 6.45) is 1.61. The molecule has 0 bridgehead atoms. The molecule has 0 aliphatic carbocycles. The first-order valence-electron chi connectivity index (χ1n) is 10.1. The van der Waals surface area contributed by atoms with E-state index in [0.717, 1.165) is 5.56 Å². The number of hydrogen-bond acceptors (Lipinski definition) is 4. The molecule has 29 heavy (non-hydrogen) atoms. The minimum atomic E-state index is -0.272. The third-order valence-corrected chi connectivity index (χ3v) is 5.44. The molecule has 3 rings (SSSR count). The van der Waals surface area contributed by atoms with Gasteiger partial charge in [-0.3, -0.25) is 14.6 Å². The topological polar surface area (TPSA) is 73.7 Å². The van der Waals surface area contributed by atoms with E-state index >= 15 is 0 Å². The lowest BCUT2D eigenvalue weighted by Crippen LogP contribution is -2.68. The molecule has 1 fully saturated rings. The number of pyridine rings is 1. The van der Waals surface area contributed by atoms with Gasteiger partial charge in [0.2, 0.25) is 5.91 Å². The van der Waals surface area contributed by atoms with Crippen LogP contribution < -0.4 is 0 Å². The summed E-state index contributed by atoms with van der Waals surface area (Å²) < 4.78 is 0. The van der Waals surface area contributed by atoms with E-state index in [1.165, 1.54) is 6.92 Å². The van der Waals surface area contributed by atoms with Crippen molar-refractivity contribution < 1.29 is 14.7 Å². The molecule has 1 saturated heterocycles. The Hall–Kier alpha value is -2.73. The van der Waals surface area contributed by atoms with E-state index in [-0.39, 0.29) is 42.3 Å². The summed E-state index contributed by atoms with van der Waals surface area (Å²) in [4.78, 5) is 33.2. The molecule has 1 aliphatic heterocycles. The number of aliphatic hydroxyl groups is 1. The van der Waals surface area contributed by atoms with Gasteiger partial charge in [-0.25, -0.2) is 0 Å². The van der Waals surface area contributed by atoms with Crippen LogP contribution in [0.1, 0.15) is 42.7 Å². The Morgan fingerprint density at radius 2 is 1.79 bits per heavy atom. The Kier molecular flexibility index (Phi) is 6.64. The van der Waals surface area contributed by atoms with Crippen molar-refractivity contribution in [3.63, 3.8) is 0 Å². The zero-order valence-corrected chi connectivity index (χ0v) is 17.2. The van der Waals surface area contributed by atoms with Gasteiger partial charge in [-0.2, -0.15) is 0 Å². The number of rotatable bonds is 7. The molecular formula is C23H29N3O3. The van der Waals surface area contributed by atoms with Gasteiger partial charge in [-0.1, -0.05) is 50.2 Å². The normalized spacial score (nSPS) is 21.0. The average Bonchev–Trinajstić information content (AvgIpc) is 2.70. The number of nitrogens with zero attached hydrogens (tertiary/aromatic N) is 3. The van der Waals surface area contributed by atoms with Gasteiger partial charge in [0, 0.05) is 32.1 Å². The largest absolute Gasteiger partial charge is 0.394 e. The van der Waals surface area contributed by atoms with Crippen molar-refractivity contribution in [3.8, 4) is 0 Å². The third kappa shape index (κ3) is 4.48. The first-order valence-corrected chi connectivity index (χ1v) is 10.1. The maximum absolute atomic E-state index is 13.1. The summed E-state index contributed by atoms with van der Waals surface area (Å²) >= 11 is 0. The smallest absolute Gasteiger partial charge is 0.272 e. The fourth-order valence-corrected chi connectivity index (χ4v) is 4.29. The van der Waals surface area contributed by atoms with Crippen LogP contribution in [0.4, 0.5) is 0 Å². The number of hydrogen-bond donors (Lipinski definition) is 1. The highest BCUT2D eigenvalue weighted by atomic mass is 16.3. The number of aliphatic hydroxyl groups excluding tert-OH is 1. The summed E-state index contributed by atoms with van der Waals surface area (Å²) in [5.74, 6) is 0.0340. The van der Waals surface area contributed by atoms with E-state index in [1.54, 1.807) is 34.2 Å². The second-order valence-corrected chi connectivity index (χ2v) is 8.00. The molecule has 0 spiro atoms. The van der Waals surface area contributed by atoms with Crippen molar-refractivity contribution in [1.82, 2.24) is 14.8 Å². The minimum absolute atomic E-state index is 0.0173. The van der Waals surface area contributed by atoms with Gasteiger partial charge in [0.05, 0.1) is 18.7 Å². The van der Waals surface area contributed by atoms with Crippen LogP contribution in [-0.4, -0.2) is 63.5 Å². The number of carbonyl (C=O) groups excluding carboxylic acids is 2. The zero-order chi connectivity index (χ0) is 21.0. The van der Waals surface area contributed by atoms with E-state index in [4.69, 9.17) is 0 Å². The summed E-state index contributed by atoms with van der Waals surface area (Å²) in [6, 6.07) is 14.7. The number of benzene rings is 1. The van der Waals surface area contributed by atoms with Crippen LogP contribution in [0, 0.1) is 5.92 Å². The maximum Gasteiger partial charge on any atom is 0.272 e. The minimum Gasteiger partial charge on any atom is -0.394 e.